The van der Waals surface area contributed by atoms with E-state index in [-0.39, 0.29) is 22.6 Å². The lowest BCUT2D eigenvalue weighted by Gasteiger charge is -2.18. The number of aromatic carboxylic acids is 2. The number of nitrogens with one attached hydrogen (secondary N) is 1. The lowest BCUT2D eigenvalue weighted by atomic mass is 9.88. The van der Waals surface area contributed by atoms with Crippen LogP contribution in [0.3, 0.4) is 0 Å². The third kappa shape index (κ3) is 4.58. The minimum Gasteiger partial charge on any atom is -0.507 e. The second-order valence-electron chi connectivity index (χ2n) is 7.52. The number of carboxylic acids is 2. The largest absolute Gasteiger partial charge is 0.507 e. The van der Waals surface area contributed by atoms with Crippen LogP contribution in [0.2, 0.25) is 0 Å². The van der Waals surface area contributed by atoms with E-state index in [2.05, 4.69) is 5.32 Å². The number of carboxylic acid groups (broad SMARTS) is 2. The van der Waals surface area contributed by atoms with Crippen LogP contribution in [0.25, 0.3) is 22.3 Å². The van der Waals surface area contributed by atoms with E-state index < -0.39 is 11.9 Å². The minimum atomic E-state index is -1.20. The molecular formula is C25H25NO6. The molecule has 166 valence electrons. The highest BCUT2D eigenvalue weighted by atomic mass is 16.4. The van der Waals surface area contributed by atoms with E-state index in [1.165, 1.54) is 24.3 Å². The van der Waals surface area contributed by atoms with Gasteiger partial charge in [-0.2, -0.15) is 0 Å². The van der Waals surface area contributed by atoms with Crippen LogP contribution < -0.4 is 5.32 Å². The minimum absolute atomic E-state index is 0.160. The van der Waals surface area contributed by atoms with Crippen molar-refractivity contribution in [2.24, 2.45) is 0 Å². The Labute approximate surface area is 185 Å². The molecule has 0 unspecified atom stereocenters. The highest BCUT2D eigenvalue weighted by Crippen LogP contribution is 2.36. The standard InChI is InChI=1S/C25H25NO6/c1-3-4-14-9-21(16-6-8-19(25(31)32)23(28)12-16)17(13-26-2)10-20(14)15-5-7-18(24(29)30)22(27)11-15/h5-12,26-28H,3-4,13H2,1-2H3,(H,29,30)(H,31,32). The van der Waals surface area contributed by atoms with Crippen molar-refractivity contribution >= 4 is 11.9 Å². The van der Waals surface area contributed by atoms with Crippen molar-refractivity contribution in [1.82, 2.24) is 5.32 Å². The number of aryl methyl sites for hydroxylation is 1. The molecule has 0 aliphatic heterocycles. The normalized spacial score (nSPS) is 10.8. The Balaban J connectivity index is 2.20. The second-order valence-corrected chi connectivity index (χ2v) is 7.52. The summed E-state index contributed by atoms with van der Waals surface area (Å²) in [6, 6.07) is 13.0. The van der Waals surface area contributed by atoms with E-state index in [1.54, 1.807) is 12.1 Å². The average molecular weight is 435 g/mol. The van der Waals surface area contributed by atoms with E-state index >= 15 is 0 Å². The van der Waals surface area contributed by atoms with Crippen LogP contribution in [0.5, 0.6) is 11.5 Å². The summed E-state index contributed by atoms with van der Waals surface area (Å²) in [6.07, 6.45) is 1.60. The van der Waals surface area contributed by atoms with Gasteiger partial charge in [0.15, 0.2) is 0 Å². The maximum absolute atomic E-state index is 11.2. The van der Waals surface area contributed by atoms with Gasteiger partial charge < -0.3 is 25.7 Å². The van der Waals surface area contributed by atoms with Gasteiger partial charge in [-0.15, -0.1) is 0 Å². The zero-order valence-corrected chi connectivity index (χ0v) is 17.8. The lowest BCUT2D eigenvalue weighted by molar-refractivity contribution is 0.0682. The van der Waals surface area contributed by atoms with Crippen molar-refractivity contribution in [2.75, 3.05) is 7.05 Å². The number of hydrogen-bond donors (Lipinski definition) is 5. The van der Waals surface area contributed by atoms with Crippen molar-refractivity contribution in [3.8, 4) is 33.8 Å². The molecule has 7 nitrogen and oxygen atoms in total. The molecule has 7 heteroatoms. The van der Waals surface area contributed by atoms with Crippen LogP contribution in [-0.4, -0.2) is 39.4 Å². The van der Waals surface area contributed by atoms with Gasteiger partial charge in [-0.05, 0) is 77.2 Å². The van der Waals surface area contributed by atoms with Gasteiger partial charge in [0.1, 0.15) is 22.6 Å². The number of hydrogen-bond acceptors (Lipinski definition) is 5. The van der Waals surface area contributed by atoms with E-state index in [9.17, 15) is 30.0 Å². The van der Waals surface area contributed by atoms with Crippen molar-refractivity contribution in [2.45, 2.75) is 26.3 Å². The molecule has 0 aliphatic rings. The molecule has 0 saturated carbocycles. The SMILES string of the molecule is CCCc1cc(-c2ccc(C(=O)O)c(O)c2)c(CNC)cc1-c1ccc(C(=O)O)c(O)c1. The molecule has 0 heterocycles. The molecule has 0 aliphatic carbocycles. The Bertz CT molecular complexity index is 1090. The van der Waals surface area contributed by atoms with Crippen LogP contribution in [0.4, 0.5) is 0 Å². The molecule has 0 atom stereocenters. The Morgan fingerprint density at radius 3 is 1.66 bits per heavy atom. The molecule has 0 spiro atoms. The number of benzene rings is 3. The third-order valence-electron chi connectivity index (χ3n) is 5.29. The van der Waals surface area contributed by atoms with Gasteiger partial charge in [0, 0.05) is 6.54 Å². The van der Waals surface area contributed by atoms with Crippen LogP contribution >= 0.6 is 0 Å². The zero-order valence-electron chi connectivity index (χ0n) is 17.8. The maximum atomic E-state index is 11.2. The molecular weight excluding hydrogens is 410 g/mol. The summed E-state index contributed by atoms with van der Waals surface area (Å²) in [5.74, 6) is -3.00. The van der Waals surface area contributed by atoms with Gasteiger partial charge in [-0.3, -0.25) is 0 Å². The smallest absolute Gasteiger partial charge is 0.339 e. The quantitative estimate of drug-likeness (QED) is 0.352. The van der Waals surface area contributed by atoms with E-state index in [0.717, 1.165) is 35.1 Å². The maximum Gasteiger partial charge on any atom is 0.339 e. The van der Waals surface area contributed by atoms with Gasteiger partial charge in [0.25, 0.3) is 0 Å². The monoisotopic (exact) mass is 435 g/mol. The Morgan fingerprint density at radius 1 is 0.781 bits per heavy atom. The van der Waals surface area contributed by atoms with Crippen LogP contribution in [0.15, 0.2) is 48.5 Å². The van der Waals surface area contributed by atoms with Crippen LogP contribution in [0, 0.1) is 0 Å². The topological polar surface area (TPSA) is 127 Å². The summed E-state index contributed by atoms with van der Waals surface area (Å²) >= 11 is 0. The van der Waals surface area contributed by atoms with Gasteiger partial charge in [-0.1, -0.05) is 31.5 Å². The Kier molecular flexibility index (Phi) is 6.80. The molecule has 0 bridgehead atoms. The summed E-state index contributed by atoms with van der Waals surface area (Å²) in [4.78, 5) is 22.5. The van der Waals surface area contributed by atoms with Gasteiger partial charge >= 0.3 is 11.9 Å². The number of aromatic hydroxyl groups is 2. The van der Waals surface area contributed by atoms with E-state index in [0.29, 0.717) is 17.7 Å². The van der Waals surface area contributed by atoms with Crippen molar-refractivity contribution in [1.29, 1.82) is 0 Å². The first-order valence-corrected chi connectivity index (χ1v) is 10.2. The molecule has 5 N–H and O–H groups in total. The Hall–Kier alpha value is -3.84. The van der Waals surface area contributed by atoms with E-state index in [4.69, 9.17) is 0 Å². The molecule has 0 saturated heterocycles. The zero-order chi connectivity index (χ0) is 23.4. The predicted octanol–water partition coefficient (Wildman–Crippen LogP) is 4.50. The Morgan fingerprint density at radius 2 is 1.25 bits per heavy atom. The molecule has 3 aromatic carbocycles. The molecule has 32 heavy (non-hydrogen) atoms. The molecule has 0 radical (unpaired) electrons. The highest BCUT2D eigenvalue weighted by Gasteiger charge is 2.17. The van der Waals surface area contributed by atoms with E-state index in [1.807, 2.05) is 26.1 Å². The first-order chi connectivity index (χ1) is 15.3. The summed E-state index contributed by atoms with van der Waals surface area (Å²) in [5, 5.41) is 41.9. The molecule has 0 aromatic heterocycles. The van der Waals surface area contributed by atoms with Gasteiger partial charge in [0.2, 0.25) is 0 Å². The third-order valence-corrected chi connectivity index (χ3v) is 5.29. The molecule has 0 fully saturated rings. The number of carbonyl (C=O) groups is 2. The molecule has 3 rings (SSSR count). The van der Waals surface area contributed by atoms with Gasteiger partial charge in [-0.25, -0.2) is 9.59 Å². The van der Waals surface area contributed by atoms with Crippen molar-refractivity contribution < 1.29 is 30.0 Å². The highest BCUT2D eigenvalue weighted by molar-refractivity contribution is 5.93. The summed E-state index contributed by atoms with van der Waals surface area (Å²) in [6.45, 7) is 2.55. The average Bonchev–Trinajstić information content (AvgIpc) is 2.74. The van der Waals surface area contributed by atoms with Crippen LogP contribution in [-0.2, 0) is 13.0 Å². The summed E-state index contributed by atoms with van der Waals surface area (Å²) < 4.78 is 0. The fourth-order valence-electron chi connectivity index (χ4n) is 3.80. The number of phenols is 2. The first kappa shape index (κ1) is 22.8. The summed E-state index contributed by atoms with van der Waals surface area (Å²) in [5.41, 5.74) is 4.69. The first-order valence-electron chi connectivity index (χ1n) is 10.2. The van der Waals surface area contributed by atoms with Crippen molar-refractivity contribution in [3.05, 3.63) is 70.8 Å². The fraction of sp³-hybridized carbons (Fsp3) is 0.200. The summed E-state index contributed by atoms with van der Waals surface area (Å²) in [7, 11) is 1.81. The fourth-order valence-corrected chi connectivity index (χ4v) is 3.80. The molecule has 0 amide bonds. The second kappa shape index (κ2) is 9.53. The predicted molar refractivity (Wildman–Crippen MR) is 121 cm³/mol. The lowest BCUT2D eigenvalue weighted by Crippen LogP contribution is -2.08. The van der Waals surface area contributed by atoms with Crippen LogP contribution in [0.1, 0.15) is 45.2 Å². The van der Waals surface area contributed by atoms with Gasteiger partial charge in [0.05, 0.1) is 0 Å². The van der Waals surface area contributed by atoms with Crippen molar-refractivity contribution in [3.63, 3.8) is 0 Å². The molecule has 3 aromatic rings. The number of rotatable bonds is 8.